The molecule has 21 heavy (non-hydrogen) atoms. The number of nitrogens with zero attached hydrogens (tertiary/aromatic N) is 1. The topological polar surface area (TPSA) is 98.7 Å². The van der Waals surface area contributed by atoms with Crippen LogP contribution in [-0.4, -0.2) is 53.6 Å². The molecule has 1 saturated heterocycles. The first-order chi connectivity index (χ1) is 10.0. The van der Waals surface area contributed by atoms with Crippen LogP contribution < -0.4 is 10.6 Å². The molecule has 1 aliphatic heterocycles. The Balaban J connectivity index is 2.22. The van der Waals surface area contributed by atoms with Crippen molar-refractivity contribution >= 4 is 17.9 Å². The Morgan fingerprint density at radius 1 is 1.19 bits per heavy atom. The van der Waals surface area contributed by atoms with Crippen LogP contribution in [0.5, 0.6) is 0 Å². The zero-order valence-corrected chi connectivity index (χ0v) is 12.6. The number of hydrogen-bond acceptors (Lipinski definition) is 3. The molecule has 0 radical (unpaired) electrons. The van der Waals surface area contributed by atoms with Crippen molar-refractivity contribution in [3.8, 4) is 0 Å². The zero-order valence-electron chi connectivity index (χ0n) is 12.6. The lowest BCUT2D eigenvalue weighted by atomic mass is 10.1. The molecule has 0 aliphatic carbocycles. The number of carboxylic acids is 1. The molecule has 1 heterocycles. The van der Waals surface area contributed by atoms with Crippen LogP contribution in [0.4, 0.5) is 4.79 Å². The van der Waals surface area contributed by atoms with E-state index in [2.05, 4.69) is 10.6 Å². The van der Waals surface area contributed by atoms with E-state index in [-0.39, 0.29) is 18.9 Å². The maximum Gasteiger partial charge on any atom is 0.326 e. The molecule has 0 spiro atoms. The Morgan fingerprint density at radius 2 is 1.86 bits per heavy atom. The van der Waals surface area contributed by atoms with Crippen LogP contribution in [0.3, 0.4) is 0 Å². The van der Waals surface area contributed by atoms with Crippen LogP contribution >= 0.6 is 0 Å². The third-order valence-electron chi connectivity index (χ3n) is 3.51. The van der Waals surface area contributed by atoms with Crippen molar-refractivity contribution in [2.75, 3.05) is 19.6 Å². The minimum Gasteiger partial charge on any atom is -0.480 e. The lowest BCUT2D eigenvalue weighted by molar-refractivity contribution is -0.139. The quantitative estimate of drug-likeness (QED) is 0.651. The first kappa shape index (κ1) is 17.3. The molecule has 0 bridgehead atoms. The fraction of sp³-hybridized carbons (Fsp3) is 0.786. The number of carbonyl (C=O) groups is 3. The molecule has 1 aliphatic rings. The minimum atomic E-state index is -1.05. The van der Waals surface area contributed by atoms with E-state index in [0.29, 0.717) is 12.8 Å². The van der Waals surface area contributed by atoms with Crippen LogP contribution in [0, 0.1) is 0 Å². The van der Waals surface area contributed by atoms with Gasteiger partial charge in [0.05, 0.1) is 0 Å². The van der Waals surface area contributed by atoms with Crippen LogP contribution in [0.15, 0.2) is 0 Å². The zero-order chi connectivity index (χ0) is 15.7. The molecule has 3 N–H and O–H groups in total. The van der Waals surface area contributed by atoms with Gasteiger partial charge in [-0.15, -0.1) is 0 Å². The molecular weight excluding hydrogens is 274 g/mol. The van der Waals surface area contributed by atoms with E-state index in [0.717, 1.165) is 25.9 Å². The van der Waals surface area contributed by atoms with E-state index in [1.807, 2.05) is 11.8 Å². The largest absolute Gasteiger partial charge is 0.480 e. The van der Waals surface area contributed by atoms with Crippen molar-refractivity contribution in [3.63, 3.8) is 0 Å². The van der Waals surface area contributed by atoms with Crippen molar-refractivity contribution in [1.82, 2.24) is 15.5 Å². The van der Waals surface area contributed by atoms with E-state index >= 15 is 0 Å². The Hall–Kier alpha value is -1.79. The number of carbonyl (C=O) groups excluding carboxylic acids is 2. The predicted octanol–water partition coefficient (Wildman–Crippen LogP) is 0.941. The average Bonchev–Trinajstić information content (AvgIpc) is 2.47. The van der Waals surface area contributed by atoms with Gasteiger partial charge in [0.15, 0.2) is 0 Å². The minimum absolute atomic E-state index is 0.0401. The van der Waals surface area contributed by atoms with E-state index < -0.39 is 18.0 Å². The summed E-state index contributed by atoms with van der Waals surface area (Å²) in [7, 11) is 0. The second kappa shape index (κ2) is 9.20. The first-order valence-electron chi connectivity index (χ1n) is 7.59. The average molecular weight is 299 g/mol. The number of carboxylic acid groups (broad SMARTS) is 1. The van der Waals surface area contributed by atoms with Crippen molar-refractivity contribution < 1.29 is 19.5 Å². The summed E-state index contributed by atoms with van der Waals surface area (Å²) in [4.78, 5) is 36.2. The van der Waals surface area contributed by atoms with Gasteiger partial charge in [-0.05, 0) is 25.7 Å². The Kier molecular flexibility index (Phi) is 7.56. The van der Waals surface area contributed by atoms with E-state index in [1.54, 1.807) is 0 Å². The fourth-order valence-corrected chi connectivity index (χ4v) is 2.34. The van der Waals surface area contributed by atoms with Crippen molar-refractivity contribution in [2.24, 2.45) is 0 Å². The van der Waals surface area contributed by atoms with Crippen LogP contribution in [0.2, 0.25) is 0 Å². The number of rotatable bonds is 7. The lowest BCUT2D eigenvalue weighted by Gasteiger charge is -2.26. The van der Waals surface area contributed by atoms with Gasteiger partial charge >= 0.3 is 12.0 Å². The summed E-state index contributed by atoms with van der Waals surface area (Å²) in [5, 5.41) is 13.9. The van der Waals surface area contributed by atoms with Crippen molar-refractivity contribution in [3.05, 3.63) is 0 Å². The van der Waals surface area contributed by atoms with E-state index in [1.165, 1.54) is 6.42 Å². The molecule has 0 unspecified atom stereocenters. The summed E-state index contributed by atoms with van der Waals surface area (Å²) in [6.45, 7) is 3.66. The number of hydrogen-bond donors (Lipinski definition) is 3. The number of piperidine rings is 1. The lowest BCUT2D eigenvalue weighted by Crippen LogP contribution is -2.46. The monoisotopic (exact) mass is 299 g/mol. The Morgan fingerprint density at radius 3 is 2.43 bits per heavy atom. The molecule has 0 aromatic rings. The standard InChI is InChI=1S/C14H25N3O4/c1-2-6-11(13(19)20)16-14(21)15-8-7-12(18)17-9-4-3-5-10-17/h11H,2-10H2,1H3,(H,19,20)(H2,15,16,21)/t11-/m1/s1. The molecule has 7 heteroatoms. The van der Waals surface area contributed by atoms with E-state index in [9.17, 15) is 14.4 Å². The van der Waals surface area contributed by atoms with Gasteiger partial charge in [0, 0.05) is 26.1 Å². The first-order valence-corrected chi connectivity index (χ1v) is 7.59. The van der Waals surface area contributed by atoms with Crippen molar-refractivity contribution in [2.45, 2.75) is 51.5 Å². The molecule has 0 aromatic heterocycles. The van der Waals surface area contributed by atoms with Gasteiger partial charge in [0.1, 0.15) is 6.04 Å². The highest BCUT2D eigenvalue weighted by molar-refractivity contribution is 5.83. The number of nitrogens with one attached hydrogen (secondary N) is 2. The summed E-state index contributed by atoms with van der Waals surface area (Å²) < 4.78 is 0. The van der Waals surface area contributed by atoms with Gasteiger partial charge in [-0.3, -0.25) is 4.79 Å². The predicted molar refractivity (Wildman–Crippen MR) is 77.9 cm³/mol. The molecule has 0 saturated carbocycles. The third kappa shape index (κ3) is 6.46. The second-order valence-electron chi connectivity index (χ2n) is 5.27. The fourth-order valence-electron chi connectivity index (χ4n) is 2.34. The molecular formula is C14H25N3O4. The summed E-state index contributed by atoms with van der Waals surface area (Å²) in [6.07, 6.45) is 4.55. The maximum absolute atomic E-state index is 11.9. The Bertz CT molecular complexity index is 367. The molecule has 1 fully saturated rings. The van der Waals surface area contributed by atoms with E-state index in [4.69, 9.17) is 5.11 Å². The number of urea groups is 1. The normalized spacial score (nSPS) is 16.1. The van der Waals surface area contributed by atoms with Gasteiger partial charge in [-0.2, -0.15) is 0 Å². The number of likely N-dealkylation sites (tertiary alicyclic amines) is 1. The van der Waals surface area contributed by atoms with Gasteiger partial charge in [-0.1, -0.05) is 13.3 Å². The molecule has 3 amide bonds. The van der Waals surface area contributed by atoms with Crippen LogP contribution in [0.1, 0.15) is 45.4 Å². The summed E-state index contributed by atoms with van der Waals surface area (Å²) in [5.74, 6) is -1.00. The van der Waals surface area contributed by atoms with Gasteiger partial charge in [-0.25, -0.2) is 9.59 Å². The summed E-state index contributed by atoms with van der Waals surface area (Å²) in [5.41, 5.74) is 0. The maximum atomic E-state index is 11.9. The Labute approximate surface area is 125 Å². The molecule has 0 aromatic carbocycles. The number of aliphatic carboxylic acids is 1. The van der Waals surface area contributed by atoms with Crippen LogP contribution in [0.25, 0.3) is 0 Å². The van der Waals surface area contributed by atoms with Crippen molar-refractivity contribution in [1.29, 1.82) is 0 Å². The van der Waals surface area contributed by atoms with Crippen LogP contribution in [-0.2, 0) is 9.59 Å². The summed E-state index contributed by atoms with van der Waals surface area (Å²) >= 11 is 0. The SMILES string of the molecule is CCC[C@@H](NC(=O)NCCC(=O)N1CCCCC1)C(=O)O. The third-order valence-corrected chi connectivity index (χ3v) is 3.51. The molecule has 1 rings (SSSR count). The second-order valence-corrected chi connectivity index (χ2v) is 5.27. The molecule has 7 nitrogen and oxygen atoms in total. The smallest absolute Gasteiger partial charge is 0.326 e. The van der Waals surface area contributed by atoms with Gasteiger partial charge in [0.25, 0.3) is 0 Å². The highest BCUT2D eigenvalue weighted by atomic mass is 16.4. The van der Waals surface area contributed by atoms with Gasteiger partial charge in [0.2, 0.25) is 5.91 Å². The number of amides is 3. The van der Waals surface area contributed by atoms with Gasteiger partial charge < -0.3 is 20.6 Å². The molecule has 1 atom stereocenters. The molecule has 120 valence electrons. The summed E-state index contributed by atoms with van der Waals surface area (Å²) in [6, 6.07) is -1.42. The highest BCUT2D eigenvalue weighted by Crippen LogP contribution is 2.09. The highest BCUT2D eigenvalue weighted by Gasteiger charge is 2.19.